The summed E-state index contributed by atoms with van der Waals surface area (Å²) < 4.78 is 11.0. The van der Waals surface area contributed by atoms with Crippen LogP contribution in [-0.4, -0.2) is 30.5 Å². The number of rotatable bonds is 6. The molecule has 1 aliphatic rings. The zero-order valence-corrected chi connectivity index (χ0v) is 17.8. The maximum atomic E-state index is 13.2. The Bertz CT molecular complexity index is 1190. The van der Waals surface area contributed by atoms with Crippen molar-refractivity contribution in [2.24, 2.45) is 0 Å². The first-order chi connectivity index (χ1) is 15.6. The second-order valence-corrected chi connectivity index (χ2v) is 7.21. The molecule has 0 bridgehead atoms. The number of hydrogen-bond donors (Lipinski definition) is 1. The third kappa shape index (κ3) is 3.71. The van der Waals surface area contributed by atoms with E-state index in [-0.39, 0.29) is 11.3 Å². The maximum Gasteiger partial charge on any atom is 0.300 e. The van der Waals surface area contributed by atoms with Gasteiger partial charge in [-0.1, -0.05) is 42.5 Å². The van der Waals surface area contributed by atoms with Crippen LogP contribution in [0.25, 0.3) is 5.76 Å². The smallest absolute Gasteiger partial charge is 0.300 e. The van der Waals surface area contributed by atoms with Crippen LogP contribution in [-0.2, 0) is 9.59 Å². The number of methoxy groups -OCH3 is 1. The van der Waals surface area contributed by atoms with Gasteiger partial charge in [0.1, 0.15) is 17.3 Å². The van der Waals surface area contributed by atoms with Gasteiger partial charge >= 0.3 is 0 Å². The van der Waals surface area contributed by atoms with Crippen molar-refractivity contribution < 1.29 is 24.2 Å². The van der Waals surface area contributed by atoms with E-state index in [2.05, 4.69) is 0 Å². The van der Waals surface area contributed by atoms with Crippen molar-refractivity contribution in [3.63, 3.8) is 0 Å². The number of anilines is 1. The van der Waals surface area contributed by atoms with Crippen LogP contribution >= 0.6 is 0 Å². The normalized spacial score (nSPS) is 17.4. The standard InChI is InChI=1S/C26H23NO5/c1-3-32-19-13-9-10-17(16-19)23-22(24(28)20-14-7-8-15-21(20)31-2)25(29)26(30)27(23)18-11-5-4-6-12-18/h4-16,23,28H,3H2,1-2H3/b24-22-. The lowest BCUT2D eigenvalue weighted by Crippen LogP contribution is -2.29. The molecule has 162 valence electrons. The topological polar surface area (TPSA) is 76.1 Å². The Morgan fingerprint density at radius 2 is 1.69 bits per heavy atom. The van der Waals surface area contributed by atoms with Gasteiger partial charge in [-0.05, 0) is 48.9 Å². The summed E-state index contributed by atoms with van der Waals surface area (Å²) in [5.41, 5.74) is 1.54. The molecule has 0 aromatic heterocycles. The quantitative estimate of drug-likeness (QED) is 0.349. The maximum absolute atomic E-state index is 13.2. The van der Waals surface area contributed by atoms with Crippen LogP contribution in [0.3, 0.4) is 0 Å². The molecule has 1 aliphatic heterocycles. The molecule has 1 amide bonds. The Balaban J connectivity index is 1.96. The van der Waals surface area contributed by atoms with Crippen LogP contribution in [0.2, 0.25) is 0 Å². The number of para-hydroxylation sites is 2. The molecule has 1 saturated heterocycles. The lowest BCUT2D eigenvalue weighted by atomic mass is 9.94. The number of aliphatic hydroxyl groups excluding tert-OH is 1. The Kier molecular flexibility index (Phi) is 5.94. The highest BCUT2D eigenvalue weighted by molar-refractivity contribution is 6.51. The lowest BCUT2D eigenvalue weighted by Gasteiger charge is -2.26. The Labute approximate surface area is 186 Å². The van der Waals surface area contributed by atoms with Gasteiger partial charge in [0.25, 0.3) is 11.7 Å². The third-order valence-electron chi connectivity index (χ3n) is 5.33. The number of hydrogen-bond acceptors (Lipinski definition) is 5. The van der Waals surface area contributed by atoms with Gasteiger partial charge in [-0.15, -0.1) is 0 Å². The van der Waals surface area contributed by atoms with E-state index in [0.717, 1.165) is 0 Å². The lowest BCUT2D eigenvalue weighted by molar-refractivity contribution is -0.132. The molecule has 0 radical (unpaired) electrons. The third-order valence-corrected chi connectivity index (χ3v) is 5.33. The number of benzene rings is 3. The highest BCUT2D eigenvalue weighted by Crippen LogP contribution is 2.43. The minimum Gasteiger partial charge on any atom is -0.507 e. The number of Topliss-reactive ketones (excluding diaryl/α,β-unsaturated/α-hetero) is 1. The molecule has 0 saturated carbocycles. The minimum atomic E-state index is -0.831. The second-order valence-electron chi connectivity index (χ2n) is 7.21. The molecular weight excluding hydrogens is 406 g/mol. The molecule has 1 unspecified atom stereocenters. The first-order valence-electron chi connectivity index (χ1n) is 10.3. The van der Waals surface area contributed by atoms with Crippen LogP contribution in [0, 0.1) is 0 Å². The van der Waals surface area contributed by atoms with Gasteiger partial charge in [0.2, 0.25) is 0 Å². The van der Waals surface area contributed by atoms with E-state index in [0.29, 0.717) is 34.9 Å². The number of carbonyl (C=O) groups is 2. The van der Waals surface area contributed by atoms with E-state index >= 15 is 0 Å². The number of nitrogens with zero attached hydrogens (tertiary/aromatic N) is 1. The van der Waals surface area contributed by atoms with Gasteiger partial charge in [-0.25, -0.2) is 0 Å². The van der Waals surface area contributed by atoms with Crippen LogP contribution in [0.15, 0.2) is 84.4 Å². The largest absolute Gasteiger partial charge is 0.507 e. The van der Waals surface area contributed by atoms with Gasteiger partial charge in [0, 0.05) is 5.69 Å². The molecule has 1 heterocycles. The first kappa shape index (κ1) is 21.2. The Morgan fingerprint density at radius 1 is 0.969 bits per heavy atom. The van der Waals surface area contributed by atoms with Crippen molar-refractivity contribution in [3.05, 3.63) is 95.6 Å². The summed E-state index contributed by atoms with van der Waals surface area (Å²) in [6.45, 7) is 2.36. The van der Waals surface area contributed by atoms with E-state index in [4.69, 9.17) is 9.47 Å². The average molecular weight is 429 g/mol. The SMILES string of the molecule is CCOc1cccc(C2/C(=C(/O)c3ccccc3OC)C(=O)C(=O)N2c2ccccc2)c1. The molecule has 3 aromatic rings. The van der Waals surface area contributed by atoms with Gasteiger partial charge in [-0.2, -0.15) is 0 Å². The van der Waals surface area contributed by atoms with Crippen molar-refractivity contribution in [2.75, 3.05) is 18.6 Å². The van der Waals surface area contributed by atoms with E-state index < -0.39 is 17.7 Å². The molecule has 1 atom stereocenters. The van der Waals surface area contributed by atoms with E-state index in [9.17, 15) is 14.7 Å². The highest BCUT2D eigenvalue weighted by Gasteiger charge is 2.47. The second kappa shape index (κ2) is 8.98. The summed E-state index contributed by atoms with van der Waals surface area (Å²) >= 11 is 0. The fraction of sp³-hybridized carbons (Fsp3) is 0.154. The van der Waals surface area contributed by atoms with Gasteiger partial charge in [0.05, 0.1) is 30.9 Å². The number of carbonyl (C=O) groups excluding carboxylic acids is 2. The molecule has 6 nitrogen and oxygen atoms in total. The number of amides is 1. The zero-order valence-electron chi connectivity index (χ0n) is 17.8. The van der Waals surface area contributed by atoms with E-state index in [1.807, 2.05) is 25.1 Å². The molecule has 4 rings (SSSR count). The van der Waals surface area contributed by atoms with Crippen LogP contribution < -0.4 is 14.4 Å². The molecule has 1 N–H and O–H groups in total. The fourth-order valence-electron chi connectivity index (χ4n) is 3.93. The summed E-state index contributed by atoms with van der Waals surface area (Å²) in [6, 6.07) is 22.1. The number of ketones is 1. The summed E-state index contributed by atoms with van der Waals surface area (Å²) in [5, 5.41) is 11.3. The van der Waals surface area contributed by atoms with Crippen LogP contribution in [0.1, 0.15) is 24.1 Å². The Hall–Kier alpha value is -4.06. The summed E-state index contributed by atoms with van der Waals surface area (Å²) in [6.07, 6.45) is 0. The average Bonchev–Trinajstić information content (AvgIpc) is 3.10. The predicted molar refractivity (Wildman–Crippen MR) is 122 cm³/mol. The van der Waals surface area contributed by atoms with Crippen molar-refractivity contribution in [1.29, 1.82) is 0 Å². The monoisotopic (exact) mass is 429 g/mol. The van der Waals surface area contributed by atoms with Crippen molar-refractivity contribution >= 4 is 23.1 Å². The Morgan fingerprint density at radius 3 is 2.41 bits per heavy atom. The molecule has 0 aliphatic carbocycles. The van der Waals surface area contributed by atoms with Gasteiger partial charge in [-0.3, -0.25) is 14.5 Å². The number of aliphatic hydroxyl groups is 1. The molecule has 0 spiro atoms. The van der Waals surface area contributed by atoms with E-state index in [1.54, 1.807) is 60.7 Å². The molecule has 32 heavy (non-hydrogen) atoms. The summed E-state index contributed by atoms with van der Waals surface area (Å²) in [5.74, 6) is -0.742. The van der Waals surface area contributed by atoms with Crippen molar-refractivity contribution in [2.45, 2.75) is 13.0 Å². The summed E-state index contributed by atoms with van der Waals surface area (Å²) in [7, 11) is 1.48. The van der Waals surface area contributed by atoms with Crippen LogP contribution in [0.5, 0.6) is 11.5 Å². The molecule has 3 aromatic carbocycles. The molecule has 1 fully saturated rings. The van der Waals surface area contributed by atoms with Crippen molar-refractivity contribution in [1.82, 2.24) is 0 Å². The van der Waals surface area contributed by atoms with E-state index in [1.165, 1.54) is 12.0 Å². The summed E-state index contributed by atoms with van der Waals surface area (Å²) in [4.78, 5) is 27.8. The number of ether oxygens (including phenoxy) is 2. The fourth-order valence-corrected chi connectivity index (χ4v) is 3.93. The van der Waals surface area contributed by atoms with Gasteiger partial charge in [0.15, 0.2) is 0 Å². The molecule has 6 heteroatoms. The minimum absolute atomic E-state index is 0.00278. The van der Waals surface area contributed by atoms with Crippen LogP contribution in [0.4, 0.5) is 5.69 Å². The van der Waals surface area contributed by atoms with Gasteiger partial charge < -0.3 is 14.6 Å². The predicted octanol–water partition coefficient (Wildman–Crippen LogP) is 4.72. The highest BCUT2D eigenvalue weighted by atomic mass is 16.5. The van der Waals surface area contributed by atoms with Crippen molar-refractivity contribution in [3.8, 4) is 11.5 Å². The zero-order chi connectivity index (χ0) is 22.7. The first-order valence-corrected chi connectivity index (χ1v) is 10.3. The molecular formula is C26H23NO5.